The lowest BCUT2D eigenvalue weighted by Crippen LogP contribution is -2.32. The molecule has 0 saturated carbocycles. The van der Waals surface area contributed by atoms with Gasteiger partial charge in [0.2, 0.25) is 0 Å². The SMILES string of the molecule is CCC(c1nnnn1Cc1ccccc1)N(Cc1cccs1)Cc1cc2cc(OC)ccc2[nH]c1=O. The summed E-state index contributed by atoms with van der Waals surface area (Å²) in [4.78, 5) is 19.6. The third-order valence-electron chi connectivity index (χ3n) is 6.30. The number of fused-ring (bicyclic) bond motifs is 1. The van der Waals surface area contributed by atoms with Crippen LogP contribution >= 0.6 is 11.3 Å². The Morgan fingerprint density at radius 1 is 1.08 bits per heavy atom. The van der Waals surface area contributed by atoms with Crippen LogP contribution in [0, 0.1) is 0 Å². The van der Waals surface area contributed by atoms with E-state index in [2.05, 4.69) is 55.9 Å². The zero-order chi connectivity index (χ0) is 24.9. The van der Waals surface area contributed by atoms with E-state index >= 15 is 0 Å². The van der Waals surface area contributed by atoms with Crippen molar-refractivity contribution in [2.45, 2.75) is 39.0 Å². The summed E-state index contributed by atoms with van der Waals surface area (Å²) in [6, 6.07) is 21.9. The van der Waals surface area contributed by atoms with Gasteiger partial charge in [0.25, 0.3) is 5.56 Å². The molecule has 3 aromatic heterocycles. The highest BCUT2D eigenvalue weighted by Crippen LogP contribution is 2.28. The van der Waals surface area contributed by atoms with Crippen LogP contribution in [-0.4, -0.2) is 37.2 Å². The summed E-state index contributed by atoms with van der Waals surface area (Å²) < 4.78 is 7.25. The zero-order valence-corrected chi connectivity index (χ0v) is 21.1. The van der Waals surface area contributed by atoms with Crippen LogP contribution in [0.15, 0.2) is 76.9 Å². The number of aromatic amines is 1. The largest absolute Gasteiger partial charge is 0.497 e. The van der Waals surface area contributed by atoms with Gasteiger partial charge < -0.3 is 9.72 Å². The van der Waals surface area contributed by atoms with E-state index in [0.717, 1.165) is 34.5 Å². The van der Waals surface area contributed by atoms with E-state index in [-0.39, 0.29) is 11.6 Å². The molecule has 36 heavy (non-hydrogen) atoms. The maximum Gasteiger partial charge on any atom is 0.252 e. The molecular weight excluding hydrogens is 472 g/mol. The van der Waals surface area contributed by atoms with Crippen LogP contribution < -0.4 is 10.3 Å². The Bertz CT molecular complexity index is 1480. The number of nitrogens with one attached hydrogen (secondary N) is 1. The van der Waals surface area contributed by atoms with Gasteiger partial charge >= 0.3 is 0 Å². The number of H-pyrrole nitrogens is 1. The van der Waals surface area contributed by atoms with Crippen molar-refractivity contribution >= 4 is 22.2 Å². The summed E-state index contributed by atoms with van der Waals surface area (Å²) in [6.45, 7) is 3.85. The minimum atomic E-state index is -0.0948. The third-order valence-corrected chi connectivity index (χ3v) is 7.16. The van der Waals surface area contributed by atoms with Crippen LogP contribution in [0.25, 0.3) is 10.9 Å². The van der Waals surface area contributed by atoms with Crippen molar-refractivity contribution in [3.05, 3.63) is 104 Å². The standard InChI is InChI=1S/C27H28N6O2S/c1-3-25(26-29-30-31-33(26)16-19-8-5-4-6-9-19)32(18-23-10-7-13-36-23)17-21-14-20-15-22(35-2)11-12-24(20)28-27(21)34/h4-15,25H,3,16-18H2,1-2H3,(H,28,34). The second-order valence-corrected chi connectivity index (χ2v) is 9.70. The molecule has 0 amide bonds. The molecule has 0 saturated heterocycles. The number of methoxy groups -OCH3 is 1. The molecule has 184 valence electrons. The van der Waals surface area contributed by atoms with Gasteiger partial charge in [-0.2, -0.15) is 0 Å². The van der Waals surface area contributed by atoms with Crippen molar-refractivity contribution in [3.8, 4) is 5.75 Å². The molecule has 5 aromatic rings. The summed E-state index contributed by atoms with van der Waals surface area (Å²) in [6.07, 6.45) is 0.792. The summed E-state index contributed by atoms with van der Waals surface area (Å²) in [7, 11) is 1.64. The first kappa shape index (κ1) is 23.9. The minimum Gasteiger partial charge on any atom is -0.497 e. The number of nitrogens with zero attached hydrogens (tertiary/aromatic N) is 5. The number of pyridine rings is 1. The Hall–Kier alpha value is -3.82. The van der Waals surface area contributed by atoms with Gasteiger partial charge in [-0.25, -0.2) is 4.68 Å². The van der Waals surface area contributed by atoms with Gasteiger partial charge in [-0.1, -0.05) is 43.3 Å². The molecule has 3 heterocycles. The zero-order valence-electron chi connectivity index (χ0n) is 20.3. The number of hydrogen-bond donors (Lipinski definition) is 1. The lowest BCUT2D eigenvalue weighted by Gasteiger charge is -2.30. The fourth-order valence-electron chi connectivity index (χ4n) is 4.50. The van der Waals surface area contributed by atoms with E-state index in [9.17, 15) is 4.79 Å². The van der Waals surface area contributed by atoms with E-state index in [1.54, 1.807) is 18.4 Å². The quantitative estimate of drug-likeness (QED) is 0.297. The fraction of sp³-hybridized carbons (Fsp3) is 0.259. The number of tetrazole rings is 1. The number of benzene rings is 2. The molecule has 2 aromatic carbocycles. The van der Waals surface area contributed by atoms with E-state index in [4.69, 9.17) is 4.74 Å². The lowest BCUT2D eigenvalue weighted by molar-refractivity contribution is 0.163. The molecule has 1 atom stereocenters. The first-order valence-corrected chi connectivity index (χ1v) is 12.8. The molecule has 9 heteroatoms. The van der Waals surface area contributed by atoms with Crippen molar-refractivity contribution in [2.24, 2.45) is 0 Å². The Balaban J connectivity index is 1.51. The summed E-state index contributed by atoms with van der Waals surface area (Å²) in [5.74, 6) is 1.54. The molecule has 1 N–H and O–H groups in total. The molecule has 5 rings (SSSR count). The van der Waals surface area contributed by atoms with E-state index < -0.39 is 0 Å². The van der Waals surface area contributed by atoms with Crippen molar-refractivity contribution in [3.63, 3.8) is 0 Å². The third kappa shape index (κ3) is 5.22. The van der Waals surface area contributed by atoms with Crippen LogP contribution in [0.4, 0.5) is 0 Å². The molecule has 0 aliphatic heterocycles. The molecule has 0 bridgehead atoms. The topological polar surface area (TPSA) is 88.9 Å². The number of hydrogen-bond acceptors (Lipinski definition) is 7. The Morgan fingerprint density at radius 3 is 2.69 bits per heavy atom. The highest BCUT2D eigenvalue weighted by atomic mass is 32.1. The number of rotatable bonds is 10. The first-order chi connectivity index (χ1) is 17.6. The van der Waals surface area contributed by atoms with Crippen molar-refractivity contribution < 1.29 is 4.74 Å². The number of ether oxygens (including phenoxy) is 1. The second kappa shape index (κ2) is 10.8. The van der Waals surface area contributed by atoms with E-state index in [1.807, 2.05) is 53.2 Å². The monoisotopic (exact) mass is 500 g/mol. The molecule has 0 fully saturated rings. The van der Waals surface area contributed by atoms with Crippen LogP contribution in [-0.2, 0) is 19.6 Å². The maximum atomic E-state index is 13.1. The molecule has 0 aliphatic carbocycles. The molecule has 0 radical (unpaired) electrons. The Kier molecular flexibility index (Phi) is 7.20. The van der Waals surface area contributed by atoms with Gasteiger partial charge in [0.1, 0.15) is 5.75 Å². The van der Waals surface area contributed by atoms with Gasteiger partial charge in [0.15, 0.2) is 5.82 Å². The average Bonchev–Trinajstić information content (AvgIpc) is 3.58. The van der Waals surface area contributed by atoms with Crippen molar-refractivity contribution in [1.29, 1.82) is 0 Å². The molecule has 1 unspecified atom stereocenters. The van der Waals surface area contributed by atoms with Crippen LogP contribution in [0.2, 0.25) is 0 Å². The van der Waals surface area contributed by atoms with Gasteiger partial charge in [-0.05, 0) is 58.1 Å². The Labute approximate surface area is 213 Å². The highest BCUT2D eigenvalue weighted by Gasteiger charge is 2.26. The fourth-order valence-corrected chi connectivity index (χ4v) is 5.22. The summed E-state index contributed by atoms with van der Waals surface area (Å²) >= 11 is 1.70. The number of thiophene rings is 1. The van der Waals surface area contributed by atoms with Gasteiger partial charge in [0, 0.05) is 34.4 Å². The lowest BCUT2D eigenvalue weighted by atomic mass is 10.1. The smallest absolute Gasteiger partial charge is 0.252 e. The molecule has 0 aliphatic rings. The predicted octanol–water partition coefficient (Wildman–Crippen LogP) is 4.79. The van der Waals surface area contributed by atoms with Gasteiger partial charge in [-0.15, -0.1) is 16.4 Å². The second-order valence-electron chi connectivity index (χ2n) is 8.67. The van der Waals surface area contributed by atoms with E-state index in [0.29, 0.717) is 25.2 Å². The van der Waals surface area contributed by atoms with Crippen LogP contribution in [0.3, 0.4) is 0 Å². The summed E-state index contributed by atoms with van der Waals surface area (Å²) in [5, 5.41) is 15.7. The van der Waals surface area contributed by atoms with E-state index in [1.165, 1.54) is 4.88 Å². The van der Waals surface area contributed by atoms with Crippen LogP contribution in [0.1, 0.15) is 41.2 Å². The van der Waals surface area contributed by atoms with Gasteiger partial charge in [0.05, 0.1) is 19.7 Å². The molecular formula is C27H28N6O2S. The first-order valence-electron chi connectivity index (χ1n) is 11.9. The number of aromatic nitrogens is 5. The van der Waals surface area contributed by atoms with Crippen LogP contribution in [0.5, 0.6) is 5.75 Å². The maximum absolute atomic E-state index is 13.1. The predicted molar refractivity (Wildman–Crippen MR) is 141 cm³/mol. The highest BCUT2D eigenvalue weighted by molar-refractivity contribution is 7.09. The average molecular weight is 501 g/mol. The molecule has 8 nitrogen and oxygen atoms in total. The minimum absolute atomic E-state index is 0.0776. The van der Waals surface area contributed by atoms with Crippen molar-refractivity contribution in [1.82, 2.24) is 30.1 Å². The molecule has 0 spiro atoms. The normalized spacial score (nSPS) is 12.3. The summed E-state index contributed by atoms with van der Waals surface area (Å²) in [5.41, 5.74) is 2.51. The van der Waals surface area contributed by atoms with Gasteiger partial charge in [-0.3, -0.25) is 9.69 Å². The van der Waals surface area contributed by atoms with Crippen molar-refractivity contribution in [2.75, 3.05) is 7.11 Å². The Morgan fingerprint density at radius 2 is 1.94 bits per heavy atom.